The van der Waals surface area contributed by atoms with Gasteiger partial charge in [-0.3, -0.25) is 0 Å². The normalized spacial score (nSPS) is 44.3. The minimum atomic E-state index is -3.97. The fourth-order valence-corrected chi connectivity index (χ4v) is 3.42. The Morgan fingerprint density at radius 3 is 2.23 bits per heavy atom. The predicted octanol–water partition coefficient (Wildman–Crippen LogP) is 3.77. The molecule has 2 saturated carbocycles. The summed E-state index contributed by atoms with van der Waals surface area (Å²) < 4.78 is 38.6. The first-order valence-electron chi connectivity index (χ1n) is 5.06. The van der Waals surface area contributed by atoms with E-state index in [2.05, 4.69) is 0 Å². The highest BCUT2D eigenvalue weighted by Crippen LogP contribution is 2.63. The Morgan fingerprint density at radius 2 is 2.00 bits per heavy atom. The number of hydrogen-bond acceptors (Lipinski definition) is 0. The van der Waals surface area contributed by atoms with Crippen LogP contribution in [-0.2, 0) is 0 Å². The largest absolute Gasteiger partial charge is 0.394 e. The van der Waals surface area contributed by atoms with E-state index >= 15 is 0 Å². The Hall–Kier alpha value is -0.210. The lowest BCUT2D eigenvalue weighted by Gasteiger charge is -2.38. The molecule has 3 unspecified atom stereocenters. The molecule has 0 aromatic carbocycles. The van der Waals surface area contributed by atoms with Gasteiger partial charge in [-0.2, -0.15) is 13.2 Å². The summed E-state index contributed by atoms with van der Waals surface area (Å²) in [5.41, 5.74) is -1.31. The van der Waals surface area contributed by atoms with Crippen LogP contribution in [0.4, 0.5) is 13.2 Å². The molecule has 0 heterocycles. The molecule has 3 heteroatoms. The van der Waals surface area contributed by atoms with Crippen LogP contribution in [0.15, 0.2) is 0 Å². The second-order valence-electron chi connectivity index (χ2n) is 4.59. The molecular formula is C10H15F3. The number of fused-ring (bicyclic) bond motifs is 2. The van der Waals surface area contributed by atoms with Crippen molar-refractivity contribution in [3.63, 3.8) is 0 Å². The van der Waals surface area contributed by atoms with Crippen molar-refractivity contribution in [1.29, 1.82) is 0 Å². The molecular weight excluding hydrogens is 177 g/mol. The predicted molar refractivity (Wildman–Crippen MR) is 44.2 cm³/mol. The summed E-state index contributed by atoms with van der Waals surface area (Å²) in [6, 6.07) is 0. The number of alkyl halides is 3. The monoisotopic (exact) mass is 192 g/mol. The summed E-state index contributed by atoms with van der Waals surface area (Å²) in [6.45, 7) is 1.69. The minimum absolute atomic E-state index is 0.0671. The van der Waals surface area contributed by atoms with Crippen molar-refractivity contribution in [3.8, 4) is 0 Å². The van der Waals surface area contributed by atoms with Gasteiger partial charge in [0, 0.05) is 0 Å². The van der Waals surface area contributed by atoms with Crippen LogP contribution in [-0.4, -0.2) is 6.18 Å². The zero-order valence-corrected chi connectivity index (χ0v) is 7.82. The van der Waals surface area contributed by atoms with E-state index in [0.29, 0.717) is 12.3 Å². The van der Waals surface area contributed by atoms with Crippen molar-refractivity contribution >= 4 is 0 Å². The van der Waals surface area contributed by atoms with Crippen LogP contribution in [0.2, 0.25) is 0 Å². The van der Waals surface area contributed by atoms with Crippen LogP contribution in [0, 0.1) is 17.3 Å². The van der Waals surface area contributed by atoms with Crippen LogP contribution >= 0.6 is 0 Å². The van der Waals surface area contributed by atoms with Crippen molar-refractivity contribution in [2.75, 3.05) is 0 Å². The zero-order valence-electron chi connectivity index (χ0n) is 7.82. The Morgan fingerprint density at radius 1 is 1.31 bits per heavy atom. The molecule has 2 bridgehead atoms. The van der Waals surface area contributed by atoms with Crippen LogP contribution in [0.1, 0.15) is 39.0 Å². The lowest BCUT2D eigenvalue weighted by Crippen LogP contribution is -2.41. The quantitative estimate of drug-likeness (QED) is 0.593. The molecule has 0 spiro atoms. The summed E-state index contributed by atoms with van der Waals surface area (Å²) in [7, 11) is 0. The molecule has 0 nitrogen and oxygen atoms in total. The molecule has 2 rings (SSSR count). The second-order valence-corrected chi connectivity index (χ2v) is 4.59. The van der Waals surface area contributed by atoms with Gasteiger partial charge < -0.3 is 0 Å². The minimum Gasteiger partial charge on any atom is -0.170 e. The van der Waals surface area contributed by atoms with Gasteiger partial charge in [0.2, 0.25) is 0 Å². The summed E-state index contributed by atoms with van der Waals surface area (Å²) in [5.74, 6) is 0.300. The molecule has 2 fully saturated rings. The van der Waals surface area contributed by atoms with Crippen LogP contribution in [0.5, 0.6) is 0 Å². The molecule has 0 N–H and O–H groups in total. The van der Waals surface area contributed by atoms with Gasteiger partial charge in [-0.05, 0) is 37.5 Å². The van der Waals surface area contributed by atoms with Crippen molar-refractivity contribution < 1.29 is 13.2 Å². The van der Waals surface area contributed by atoms with Crippen molar-refractivity contribution in [2.24, 2.45) is 17.3 Å². The van der Waals surface area contributed by atoms with Crippen LogP contribution in [0.25, 0.3) is 0 Å². The average Bonchev–Trinajstić information content (AvgIpc) is 2.60. The topological polar surface area (TPSA) is 0 Å². The van der Waals surface area contributed by atoms with Crippen LogP contribution < -0.4 is 0 Å². The van der Waals surface area contributed by atoms with E-state index in [1.54, 1.807) is 6.92 Å². The molecule has 0 radical (unpaired) electrons. The van der Waals surface area contributed by atoms with Gasteiger partial charge >= 0.3 is 6.18 Å². The van der Waals surface area contributed by atoms with Gasteiger partial charge in [-0.15, -0.1) is 0 Å². The summed E-state index contributed by atoms with van der Waals surface area (Å²) in [5, 5.41) is 0. The van der Waals surface area contributed by atoms with E-state index in [-0.39, 0.29) is 12.3 Å². The first-order valence-corrected chi connectivity index (χ1v) is 5.06. The van der Waals surface area contributed by atoms with E-state index in [1.807, 2.05) is 0 Å². The van der Waals surface area contributed by atoms with Gasteiger partial charge in [0.1, 0.15) is 0 Å². The molecule has 76 valence electrons. The van der Waals surface area contributed by atoms with Gasteiger partial charge in [0.05, 0.1) is 5.41 Å². The summed E-state index contributed by atoms with van der Waals surface area (Å²) in [6.07, 6.45) is -0.634. The maximum atomic E-state index is 12.9. The highest BCUT2D eigenvalue weighted by molar-refractivity contribution is 5.03. The second kappa shape index (κ2) is 2.64. The van der Waals surface area contributed by atoms with E-state index < -0.39 is 11.6 Å². The van der Waals surface area contributed by atoms with E-state index in [4.69, 9.17) is 0 Å². The molecule has 0 saturated heterocycles. The highest BCUT2D eigenvalue weighted by atomic mass is 19.4. The third kappa shape index (κ3) is 1.12. The van der Waals surface area contributed by atoms with Crippen molar-refractivity contribution in [3.05, 3.63) is 0 Å². The first-order chi connectivity index (χ1) is 5.99. The molecule has 2 aliphatic carbocycles. The summed E-state index contributed by atoms with van der Waals surface area (Å²) in [4.78, 5) is 0. The third-order valence-electron chi connectivity index (χ3n) is 4.17. The highest BCUT2D eigenvalue weighted by Gasteiger charge is 2.63. The molecule has 0 aromatic rings. The molecule has 0 aliphatic heterocycles. The Labute approximate surface area is 76.5 Å². The standard InChI is InChI=1S/C10H15F3/c1-2-9(10(11,12)13)6-7-3-4-8(9)5-7/h7-8H,2-6H2,1H3. The SMILES string of the molecule is CCC1(C(F)(F)F)CC2CCC1C2. The van der Waals surface area contributed by atoms with Gasteiger partial charge in [0.25, 0.3) is 0 Å². The molecule has 0 aromatic heterocycles. The number of hydrogen-bond donors (Lipinski definition) is 0. The van der Waals surface area contributed by atoms with Crippen LogP contribution in [0.3, 0.4) is 0 Å². The smallest absolute Gasteiger partial charge is 0.170 e. The Bertz CT molecular complexity index is 209. The molecule has 0 amide bonds. The fourth-order valence-electron chi connectivity index (χ4n) is 3.42. The number of halogens is 3. The van der Waals surface area contributed by atoms with E-state index in [0.717, 1.165) is 19.3 Å². The Kier molecular flexibility index (Phi) is 1.90. The van der Waals surface area contributed by atoms with Crippen molar-refractivity contribution in [2.45, 2.75) is 45.2 Å². The number of rotatable bonds is 1. The van der Waals surface area contributed by atoms with E-state index in [1.165, 1.54) is 0 Å². The van der Waals surface area contributed by atoms with E-state index in [9.17, 15) is 13.2 Å². The first kappa shape index (κ1) is 9.35. The fraction of sp³-hybridized carbons (Fsp3) is 1.00. The third-order valence-corrected chi connectivity index (χ3v) is 4.17. The molecule has 13 heavy (non-hydrogen) atoms. The Balaban J connectivity index is 2.27. The average molecular weight is 192 g/mol. The van der Waals surface area contributed by atoms with Crippen molar-refractivity contribution in [1.82, 2.24) is 0 Å². The maximum Gasteiger partial charge on any atom is 0.394 e. The van der Waals surface area contributed by atoms with Gasteiger partial charge in [0.15, 0.2) is 0 Å². The summed E-state index contributed by atoms with van der Waals surface area (Å²) >= 11 is 0. The van der Waals surface area contributed by atoms with Gasteiger partial charge in [-0.25, -0.2) is 0 Å². The molecule has 2 aliphatic rings. The maximum absolute atomic E-state index is 12.9. The lowest BCUT2D eigenvalue weighted by atomic mass is 9.70. The molecule has 3 atom stereocenters. The van der Waals surface area contributed by atoms with Gasteiger partial charge in [-0.1, -0.05) is 13.3 Å². The lowest BCUT2D eigenvalue weighted by molar-refractivity contribution is -0.242. The zero-order chi connectivity index (χ0) is 9.69.